The molecule has 0 radical (unpaired) electrons. The number of allylic oxidation sites excluding steroid dienone is 1. The molecule has 0 bridgehead atoms. The Morgan fingerprint density at radius 2 is 1.50 bits per heavy atom. The lowest BCUT2D eigenvalue weighted by molar-refractivity contribution is -0.887. The highest BCUT2D eigenvalue weighted by Gasteiger charge is 2.59. The highest BCUT2D eigenvalue weighted by atomic mass is 31.2. The van der Waals surface area contributed by atoms with Gasteiger partial charge in [-0.15, -0.1) is 0 Å². The summed E-state index contributed by atoms with van der Waals surface area (Å²) in [4.78, 5) is 9.78. The molecule has 4 aliphatic carbocycles. The lowest BCUT2D eigenvalue weighted by atomic mass is 9.47. The topological polar surface area (TPSA) is 65.0 Å². The van der Waals surface area contributed by atoms with E-state index in [1.165, 1.54) is 103 Å². The Labute approximate surface area is 296 Å². The zero-order valence-electron chi connectivity index (χ0n) is 32.6. The molecule has 1 unspecified atom stereocenters. The van der Waals surface area contributed by atoms with Gasteiger partial charge >= 0.3 is 7.82 Å². The largest absolute Gasteiger partial charge is 0.476 e. The van der Waals surface area contributed by atoms with Gasteiger partial charge in [-0.2, -0.15) is 0 Å². The molecule has 0 spiro atoms. The smallest absolute Gasteiger partial charge is 0.378 e. The summed E-state index contributed by atoms with van der Waals surface area (Å²) in [6, 6.07) is 0. The molecule has 48 heavy (non-hydrogen) atoms. The maximum atomic E-state index is 11.9. The van der Waals surface area contributed by atoms with Gasteiger partial charge in [0.05, 0.1) is 33.9 Å². The van der Waals surface area contributed by atoms with Gasteiger partial charge < -0.3 is 14.1 Å². The second kappa shape index (κ2) is 18.0. The van der Waals surface area contributed by atoms with Crippen molar-refractivity contribution in [1.29, 1.82) is 0 Å². The van der Waals surface area contributed by atoms with E-state index in [0.717, 1.165) is 61.4 Å². The van der Waals surface area contributed by atoms with Crippen molar-refractivity contribution in [1.82, 2.24) is 0 Å². The first-order chi connectivity index (χ1) is 22.6. The molecule has 6 nitrogen and oxygen atoms in total. The Balaban J connectivity index is 1.08. The molecule has 3 saturated carbocycles. The van der Waals surface area contributed by atoms with Crippen molar-refractivity contribution in [2.24, 2.45) is 46.3 Å². The predicted octanol–water partition coefficient (Wildman–Crippen LogP) is 11.3. The van der Waals surface area contributed by atoms with Crippen LogP contribution in [0.5, 0.6) is 0 Å². The molecule has 280 valence electrons. The summed E-state index contributed by atoms with van der Waals surface area (Å²) in [5.41, 5.74) is 2.74. The molecule has 0 aromatic rings. The van der Waals surface area contributed by atoms with Gasteiger partial charge in [-0.1, -0.05) is 104 Å². The number of quaternary nitrogens is 1. The minimum atomic E-state index is -3.94. The van der Waals surface area contributed by atoms with Crippen LogP contribution in [0.3, 0.4) is 0 Å². The number of fused-ring (bicyclic) bond motifs is 5. The molecule has 0 heterocycles. The van der Waals surface area contributed by atoms with Gasteiger partial charge in [-0.3, -0.25) is 4.52 Å². The summed E-state index contributed by atoms with van der Waals surface area (Å²) in [5, 5.41) is 0. The SMILES string of the molecule is CC(C)CCC[C@@H](C)[C@H]1CC[C@H]2[C@@H]3CC=C4C[C@@H](OCCCCCCCCCCOP(=O)(O)OC[N+](C)(C)C)CC[C@]4(C)[C@H]3CC[C@]12C. The first kappa shape index (κ1) is 40.5. The quantitative estimate of drug-likeness (QED) is 0.0426. The Kier molecular flexibility index (Phi) is 15.2. The Morgan fingerprint density at radius 1 is 0.833 bits per heavy atom. The third-order valence-electron chi connectivity index (χ3n) is 13.5. The molecule has 4 aliphatic rings. The minimum Gasteiger partial charge on any atom is -0.378 e. The van der Waals surface area contributed by atoms with Crippen LogP contribution in [0.25, 0.3) is 0 Å². The summed E-state index contributed by atoms with van der Waals surface area (Å²) >= 11 is 0. The number of hydrogen-bond donors (Lipinski definition) is 1. The summed E-state index contributed by atoms with van der Waals surface area (Å²) in [7, 11) is 1.78. The second-order valence-corrected chi connectivity index (χ2v) is 20.2. The summed E-state index contributed by atoms with van der Waals surface area (Å²) in [5.74, 6) is 5.41. The average Bonchev–Trinajstić information content (AvgIpc) is 3.37. The van der Waals surface area contributed by atoms with Gasteiger partial charge in [0.2, 0.25) is 0 Å². The Bertz CT molecular complexity index is 1060. The Morgan fingerprint density at radius 3 is 2.17 bits per heavy atom. The number of rotatable bonds is 21. The molecule has 0 saturated heterocycles. The van der Waals surface area contributed by atoms with Crippen molar-refractivity contribution in [2.45, 2.75) is 163 Å². The third kappa shape index (κ3) is 11.1. The third-order valence-corrected chi connectivity index (χ3v) is 14.5. The van der Waals surface area contributed by atoms with E-state index >= 15 is 0 Å². The average molecular weight is 695 g/mol. The van der Waals surface area contributed by atoms with Crippen molar-refractivity contribution in [3.63, 3.8) is 0 Å². The molecule has 3 fully saturated rings. The molecule has 0 aromatic heterocycles. The summed E-state index contributed by atoms with van der Waals surface area (Å²) < 4.78 is 29.1. The summed E-state index contributed by atoms with van der Waals surface area (Å²) in [6.07, 6.45) is 27.5. The maximum absolute atomic E-state index is 11.9. The first-order valence-electron chi connectivity index (χ1n) is 20.4. The molecular weight excluding hydrogens is 617 g/mol. The molecule has 0 aromatic carbocycles. The van der Waals surface area contributed by atoms with E-state index in [-0.39, 0.29) is 13.3 Å². The normalized spacial score (nSPS) is 33.9. The van der Waals surface area contributed by atoms with E-state index < -0.39 is 7.82 Å². The lowest BCUT2D eigenvalue weighted by Crippen LogP contribution is -2.51. The van der Waals surface area contributed by atoms with Crippen molar-refractivity contribution in [3.8, 4) is 0 Å². The van der Waals surface area contributed by atoms with Gasteiger partial charge in [-0.05, 0) is 111 Å². The van der Waals surface area contributed by atoms with E-state index in [1.807, 2.05) is 21.1 Å². The van der Waals surface area contributed by atoms with Gasteiger partial charge in [-0.25, -0.2) is 9.09 Å². The maximum Gasteiger partial charge on any atom is 0.476 e. The van der Waals surface area contributed by atoms with Crippen LogP contribution in [0, 0.1) is 46.3 Å². The van der Waals surface area contributed by atoms with Crippen LogP contribution in [0.2, 0.25) is 0 Å². The molecule has 4 rings (SSSR count). The van der Waals surface area contributed by atoms with Crippen molar-refractivity contribution in [2.75, 3.05) is 41.1 Å². The highest BCUT2D eigenvalue weighted by Crippen LogP contribution is 2.67. The fourth-order valence-corrected chi connectivity index (χ4v) is 11.7. The van der Waals surface area contributed by atoms with Crippen LogP contribution in [-0.2, 0) is 18.3 Å². The highest BCUT2D eigenvalue weighted by molar-refractivity contribution is 7.47. The number of phosphoric ester groups is 1. The van der Waals surface area contributed by atoms with Gasteiger partial charge in [0.15, 0.2) is 6.73 Å². The number of phosphoric acid groups is 1. The predicted molar refractivity (Wildman–Crippen MR) is 199 cm³/mol. The van der Waals surface area contributed by atoms with Gasteiger partial charge in [0.25, 0.3) is 0 Å². The molecule has 0 aliphatic heterocycles. The van der Waals surface area contributed by atoms with Gasteiger partial charge in [0, 0.05) is 6.61 Å². The Hall–Kier alpha value is -0.230. The van der Waals surface area contributed by atoms with E-state index in [9.17, 15) is 9.46 Å². The number of unbranched alkanes of at least 4 members (excludes halogenated alkanes) is 7. The fraction of sp³-hybridized carbons (Fsp3) is 0.951. The van der Waals surface area contributed by atoms with Crippen molar-refractivity contribution >= 4 is 7.82 Å². The van der Waals surface area contributed by atoms with E-state index in [0.29, 0.717) is 21.4 Å². The first-order valence-corrected chi connectivity index (χ1v) is 21.9. The molecule has 0 amide bonds. The summed E-state index contributed by atoms with van der Waals surface area (Å²) in [6.45, 7) is 14.1. The zero-order chi connectivity index (χ0) is 35.0. The van der Waals surface area contributed by atoms with Crippen molar-refractivity contribution in [3.05, 3.63) is 11.6 Å². The molecule has 7 heteroatoms. The number of ether oxygens (including phenoxy) is 1. The number of hydrogen-bond acceptors (Lipinski definition) is 4. The van der Waals surface area contributed by atoms with Crippen LogP contribution in [-0.4, -0.2) is 56.6 Å². The van der Waals surface area contributed by atoms with E-state index in [2.05, 4.69) is 40.7 Å². The van der Waals surface area contributed by atoms with Crippen LogP contribution in [0.15, 0.2) is 11.6 Å². The van der Waals surface area contributed by atoms with Crippen LogP contribution in [0.1, 0.15) is 157 Å². The minimum absolute atomic E-state index is 0.149. The standard InChI is InChI=1S/C41H76NO5P/c1-32(2)18-17-19-33(3)37-22-23-38-36-21-20-34-30-35(24-26-40(34,4)39(36)25-27-41(37,38)5)45-28-15-13-11-9-10-12-14-16-29-46-48(43,44)47-31-42(6,7)8/h20,32-33,35-39H,9-19,21-31H2,1-8H3/p+1/t33-,35+,36+,37-,38+,39+,40+,41-/m1/s1. The lowest BCUT2D eigenvalue weighted by Gasteiger charge is -2.58. The second-order valence-electron chi connectivity index (χ2n) is 18.7. The van der Waals surface area contributed by atoms with Crippen LogP contribution in [0.4, 0.5) is 0 Å². The van der Waals surface area contributed by atoms with Crippen LogP contribution >= 0.6 is 7.82 Å². The van der Waals surface area contributed by atoms with Crippen LogP contribution < -0.4 is 0 Å². The molecular formula is C41H77NO5P+. The monoisotopic (exact) mass is 695 g/mol. The fourth-order valence-electron chi connectivity index (χ4n) is 10.8. The van der Waals surface area contributed by atoms with Crippen molar-refractivity contribution < 1.29 is 27.7 Å². The van der Waals surface area contributed by atoms with E-state index in [4.69, 9.17) is 13.8 Å². The zero-order valence-corrected chi connectivity index (χ0v) is 33.5. The number of nitrogens with zero attached hydrogens (tertiary/aromatic N) is 1. The van der Waals surface area contributed by atoms with Gasteiger partial charge in [0.1, 0.15) is 0 Å². The molecule has 9 atom stereocenters. The van der Waals surface area contributed by atoms with E-state index in [1.54, 1.807) is 5.57 Å². The molecule has 1 N–H and O–H groups in total.